The minimum absolute atomic E-state index is 0.0451. The number of hydrogen-bond acceptors (Lipinski definition) is 4. The Balaban J connectivity index is 1.72. The average Bonchev–Trinajstić information content (AvgIpc) is 2.98. The first kappa shape index (κ1) is 31.9. The molecule has 1 fully saturated rings. The zero-order chi connectivity index (χ0) is 30.3. The van der Waals surface area contributed by atoms with Crippen molar-refractivity contribution in [2.45, 2.75) is 75.9 Å². The maximum atomic E-state index is 14.2. The third-order valence-electron chi connectivity index (χ3n) is 7.66. The molecule has 1 atom stereocenters. The van der Waals surface area contributed by atoms with Gasteiger partial charge in [0.2, 0.25) is 11.8 Å². The van der Waals surface area contributed by atoms with E-state index < -0.39 is 28.5 Å². The quantitative estimate of drug-likeness (QED) is 0.254. The molecule has 42 heavy (non-hydrogen) atoms. The number of nitrogens with zero attached hydrogens (tertiary/aromatic N) is 2. The molecular weight excluding hydrogens is 593 g/mol. The Labute approximate surface area is 258 Å². The lowest BCUT2D eigenvalue weighted by molar-refractivity contribution is -0.140. The van der Waals surface area contributed by atoms with Gasteiger partial charge < -0.3 is 10.2 Å². The van der Waals surface area contributed by atoms with Crippen LogP contribution in [-0.2, 0) is 26.2 Å². The molecule has 7 nitrogen and oxygen atoms in total. The van der Waals surface area contributed by atoms with Crippen LogP contribution >= 0.6 is 23.2 Å². The molecule has 224 valence electrons. The summed E-state index contributed by atoms with van der Waals surface area (Å²) in [7, 11) is -4.13. The Morgan fingerprint density at radius 2 is 1.52 bits per heavy atom. The highest BCUT2D eigenvalue weighted by Crippen LogP contribution is 2.29. The highest BCUT2D eigenvalue weighted by Gasteiger charge is 2.35. The fourth-order valence-electron chi connectivity index (χ4n) is 5.28. The van der Waals surface area contributed by atoms with E-state index in [4.69, 9.17) is 23.2 Å². The van der Waals surface area contributed by atoms with Crippen LogP contribution < -0.4 is 9.62 Å². The number of nitrogens with one attached hydrogen (secondary N) is 1. The molecule has 0 saturated heterocycles. The van der Waals surface area contributed by atoms with Gasteiger partial charge in [-0.1, -0.05) is 91.3 Å². The summed E-state index contributed by atoms with van der Waals surface area (Å²) in [6, 6.07) is 19.2. The largest absolute Gasteiger partial charge is 0.352 e. The topological polar surface area (TPSA) is 86.8 Å². The van der Waals surface area contributed by atoms with Gasteiger partial charge in [0.05, 0.1) is 10.6 Å². The Hall–Kier alpha value is -3.07. The van der Waals surface area contributed by atoms with E-state index in [2.05, 4.69) is 5.32 Å². The van der Waals surface area contributed by atoms with Gasteiger partial charge in [-0.15, -0.1) is 0 Å². The van der Waals surface area contributed by atoms with E-state index in [1.165, 1.54) is 17.0 Å². The summed E-state index contributed by atoms with van der Waals surface area (Å²) >= 11 is 13.0. The van der Waals surface area contributed by atoms with Gasteiger partial charge in [0.25, 0.3) is 10.0 Å². The van der Waals surface area contributed by atoms with Gasteiger partial charge in [-0.25, -0.2) is 8.42 Å². The second-order valence-corrected chi connectivity index (χ2v) is 13.3. The van der Waals surface area contributed by atoms with E-state index in [0.29, 0.717) is 27.7 Å². The van der Waals surface area contributed by atoms with Crippen molar-refractivity contribution < 1.29 is 18.0 Å². The fraction of sp³-hybridized carbons (Fsp3) is 0.375. The summed E-state index contributed by atoms with van der Waals surface area (Å²) in [5.74, 6) is -0.814. The van der Waals surface area contributed by atoms with Gasteiger partial charge in [0.15, 0.2) is 0 Å². The van der Waals surface area contributed by atoms with Crippen LogP contribution in [0.3, 0.4) is 0 Å². The predicted molar refractivity (Wildman–Crippen MR) is 168 cm³/mol. The predicted octanol–water partition coefficient (Wildman–Crippen LogP) is 6.75. The summed E-state index contributed by atoms with van der Waals surface area (Å²) in [5, 5.41) is 3.85. The number of aryl methyl sites for hydroxylation is 1. The monoisotopic (exact) mass is 629 g/mol. The lowest BCUT2D eigenvalue weighted by atomic mass is 9.95. The number of rotatable bonds is 11. The third kappa shape index (κ3) is 7.65. The van der Waals surface area contributed by atoms with E-state index >= 15 is 0 Å². The summed E-state index contributed by atoms with van der Waals surface area (Å²) < 4.78 is 28.9. The first-order valence-corrected chi connectivity index (χ1v) is 16.5. The third-order valence-corrected chi connectivity index (χ3v) is 10.2. The lowest BCUT2D eigenvalue weighted by Gasteiger charge is -2.34. The molecular formula is C32H37Cl2N3O4S. The summed E-state index contributed by atoms with van der Waals surface area (Å²) in [6.45, 7) is 3.16. The minimum Gasteiger partial charge on any atom is -0.352 e. The van der Waals surface area contributed by atoms with E-state index in [9.17, 15) is 18.0 Å². The van der Waals surface area contributed by atoms with E-state index in [-0.39, 0.29) is 23.4 Å². The minimum atomic E-state index is -4.13. The number of anilines is 1. The Morgan fingerprint density at radius 1 is 0.905 bits per heavy atom. The smallest absolute Gasteiger partial charge is 0.264 e. The fourth-order valence-corrected chi connectivity index (χ4v) is 7.23. The van der Waals surface area contributed by atoms with Crippen molar-refractivity contribution in [3.8, 4) is 0 Å². The maximum Gasteiger partial charge on any atom is 0.264 e. The maximum absolute atomic E-state index is 14.2. The average molecular weight is 631 g/mol. The molecule has 0 bridgehead atoms. The molecule has 1 N–H and O–H groups in total. The molecule has 1 saturated carbocycles. The molecule has 0 heterocycles. The Morgan fingerprint density at radius 3 is 2.12 bits per heavy atom. The van der Waals surface area contributed by atoms with Gasteiger partial charge in [0, 0.05) is 28.2 Å². The number of carbonyl (C=O) groups excluding carboxylic acids is 2. The van der Waals surface area contributed by atoms with Crippen LogP contribution in [0.15, 0.2) is 77.7 Å². The normalized spacial score (nSPS) is 14.7. The van der Waals surface area contributed by atoms with Crippen LogP contribution in [-0.4, -0.2) is 43.8 Å². The number of sulfonamides is 1. The molecule has 0 radical (unpaired) electrons. The van der Waals surface area contributed by atoms with Gasteiger partial charge in [-0.3, -0.25) is 13.9 Å². The van der Waals surface area contributed by atoms with Crippen LogP contribution in [0, 0.1) is 6.92 Å². The number of amides is 2. The van der Waals surface area contributed by atoms with Gasteiger partial charge in [-0.2, -0.15) is 0 Å². The Kier molecular flexibility index (Phi) is 10.9. The molecule has 2 amide bonds. The van der Waals surface area contributed by atoms with Crippen molar-refractivity contribution in [2.75, 3.05) is 10.8 Å². The molecule has 3 aromatic carbocycles. The summed E-state index contributed by atoms with van der Waals surface area (Å²) in [4.78, 5) is 29.4. The van der Waals surface area contributed by atoms with Crippen molar-refractivity contribution >= 4 is 50.7 Å². The summed E-state index contributed by atoms with van der Waals surface area (Å²) in [6.07, 6.45) is 5.34. The SMILES string of the molecule is CC[C@H](C(=O)NC1CCCCC1)N(Cc1c(Cl)cccc1Cl)C(=O)CN(c1ccc(C)cc1)S(=O)(=O)c1ccccc1. The molecule has 4 rings (SSSR count). The van der Waals surface area contributed by atoms with Gasteiger partial charge in [0.1, 0.15) is 12.6 Å². The number of hydrogen-bond donors (Lipinski definition) is 1. The van der Waals surface area contributed by atoms with Gasteiger partial charge >= 0.3 is 0 Å². The molecule has 0 spiro atoms. The standard InChI is InChI=1S/C32H37Cl2N3O4S/c1-3-30(32(39)35-24-11-6-4-7-12-24)36(21-27-28(33)15-10-16-29(27)34)31(38)22-37(25-19-17-23(2)18-20-25)42(40,41)26-13-8-5-9-14-26/h5,8-10,13-20,24,30H,3-4,6-7,11-12,21-22H2,1-2H3,(H,35,39)/t30-/m1/s1. The van der Waals surface area contributed by atoms with Gasteiger partial charge in [-0.05, 0) is 62.6 Å². The van der Waals surface area contributed by atoms with Crippen molar-refractivity contribution in [1.82, 2.24) is 10.2 Å². The molecule has 3 aromatic rings. The molecule has 0 aliphatic heterocycles. The van der Waals surface area contributed by atoms with E-state index in [1.54, 1.807) is 60.7 Å². The van der Waals surface area contributed by atoms with Crippen LogP contribution in [0.2, 0.25) is 10.0 Å². The van der Waals surface area contributed by atoms with Crippen LogP contribution in [0.4, 0.5) is 5.69 Å². The second-order valence-electron chi connectivity index (χ2n) is 10.6. The van der Waals surface area contributed by atoms with Crippen molar-refractivity contribution in [3.63, 3.8) is 0 Å². The first-order valence-electron chi connectivity index (χ1n) is 14.3. The highest BCUT2D eigenvalue weighted by atomic mass is 35.5. The molecule has 1 aliphatic rings. The molecule has 1 aliphatic carbocycles. The number of carbonyl (C=O) groups is 2. The lowest BCUT2D eigenvalue weighted by Crippen LogP contribution is -2.54. The molecule has 10 heteroatoms. The molecule has 0 unspecified atom stereocenters. The zero-order valence-electron chi connectivity index (χ0n) is 23.9. The van der Waals surface area contributed by atoms with Crippen molar-refractivity contribution in [3.05, 3.63) is 94.0 Å². The van der Waals surface area contributed by atoms with E-state index in [0.717, 1.165) is 42.0 Å². The van der Waals surface area contributed by atoms with Crippen molar-refractivity contribution in [1.29, 1.82) is 0 Å². The highest BCUT2D eigenvalue weighted by molar-refractivity contribution is 7.92. The van der Waals surface area contributed by atoms with E-state index in [1.807, 2.05) is 13.8 Å². The number of benzene rings is 3. The van der Waals surface area contributed by atoms with Crippen LogP contribution in [0.1, 0.15) is 56.6 Å². The van der Waals surface area contributed by atoms with Crippen molar-refractivity contribution in [2.24, 2.45) is 0 Å². The molecule has 0 aromatic heterocycles. The second kappa shape index (κ2) is 14.4. The summed E-state index contributed by atoms with van der Waals surface area (Å²) in [5.41, 5.74) is 1.78. The van der Waals surface area contributed by atoms with Crippen LogP contribution in [0.25, 0.3) is 0 Å². The first-order chi connectivity index (χ1) is 20.1. The number of halogens is 2. The van der Waals surface area contributed by atoms with Crippen LogP contribution in [0.5, 0.6) is 0 Å². The zero-order valence-corrected chi connectivity index (χ0v) is 26.3. The Bertz CT molecular complexity index is 1460.